The number of nitrogens with zero attached hydrogens (tertiary/aromatic N) is 3. The van der Waals surface area contributed by atoms with Crippen molar-refractivity contribution in [2.75, 3.05) is 26.2 Å². The summed E-state index contributed by atoms with van der Waals surface area (Å²) >= 11 is 1.52. The number of likely N-dealkylation sites (tertiary alicyclic amines) is 1. The van der Waals surface area contributed by atoms with Crippen LogP contribution in [0.1, 0.15) is 43.0 Å². The predicted octanol–water partition coefficient (Wildman–Crippen LogP) is 3.04. The second-order valence-electron chi connectivity index (χ2n) is 7.87. The monoisotopic (exact) mass is 449 g/mol. The van der Waals surface area contributed by atoms with E-state index in [-0.39, 0.29) is 16.8 Å². The number of carbonyl (C=O) groups excluding carboxylic acids is 1. The molecule has 0 saturated carbocycles. The fourth-order valence-electron chi connectivity index (χ4n) is 4.23. The van der Waals surface area contributed by atoms with Gasteiger partial charge in [0.2, 0.25) is 10.0 Å². The van der Waals surface area contributed by atoms with Crippen molar-refractivity contribution in [1.29, 1.82) is 0 Å². The molecule has 7 nitrogen and oxygen atoms in total. The van der Waals surface area contributed by atoms with E-state index >= 15 is 0 Å². The quantitative estimate of drug-likeness (QED) is 0.631. The Labute approximate surface area is 181 Å². The summed E-state index contributed by atoms with van der Waals surface area (Å²) in [6, 6.07) is 6.65. The van der Waals surface area contributed by atoms with Crippen molar-refractivity contribution in [3.8, 4) is 5.19 Å². The summed E-state index contributed by atoms with van der Waals surface area (Å²) in [5.74, 6) is -0.0689. The van der Waals surface area contributed by atoms with Crippen molar-refractivity contribution in [1.82, 2.24) is 14.2 Å². The van der Waals surface area contributed by atoms with Gasteiger partial charge in [-0.1, -0.05) is 23.5 Å². The number of piperidine rings is 2. The van der Waals surface area contributed by atoms with E-state index < -0.39 is 10.0 Å². The van der Waals surface area contributed by atoms with Crippen molar-refractivity contribution in [3.05, 3.63) is 41.4 Å². The zero-order valence-corrected chi connectivity index (χ0v) is 18.7. The fraction of sp³-hybridized carbons (Fsp3) is 0.524. The molecule has 0 N–H and O–H groups in total. The van der Waals surface area contributed by atoms with Gasteiger partial charge in [0.25, 0.3) is 5.19 Å². The number of sulfonamides is 1. The Hall–Kier alpha value is -1.81. The lowest BCUT2D eigenvalue weighted by atomic mass is 10.00. The SMILES string of the molecule is CC(=O)c1ccc(S(=O)(=O)N2CCC(N3CCC(Oc4nccs4)CC3)CC2)cc1. The number of rotatable bonds is 6. The van der Waals surface area contributed by atoms with Crippen LogP contribution in [0.2, 0.25) is 0 Å². The van der Waals surface area contributed by atoms with Gasteiger partial charge in [-0.05, 0) is 44.7 Å². The molecule has 2 aliphatic heterocycles. The number of benzene rings is 1. The van der Waals surface area contributed by atoms with E-state index in [1.165, 1.54) is 30.4 Å². The highest BCUT2D eigenvalue weighted by atomic mass is 32.2. The zero-order valence-electron chi connectivity index (χ0n) is 17.1. The Bertz CT molecular complexity index is 945. The maximum absolute atomic E-state index is 13.0. The molecule has 2 aliphatic rings. The van der Waals surface area contributed by atoms with Gasteiger partial charge in [-0.2, -0.15) is 4.31 Å². The van der Waals surface area contributed by atoms with E-state index in [2.05, 4.69) is 9.88 Å². The first kappa shape index (κ1) is 21.4. The molecule has 2 saturated heterocycles. The number of Topliss-reactive ketones (excluding diaryl/α,β-unsaturated/α-hetero) is 1. The van der Waals surface area contributed by atoms with Gasteiger partial charge >= 0.3 is 0 Å². The van der Waals surface area contributed by atoms with Crippen LogP contribution in [0, 0.1) is 0 Å². The Morgan fingerprint density at radius 1 is 1.07 bits per heavy atom. The normalized spacial score (nSPS) is 20.3. The number of ether oxygens (including phenoxy) is 1. The predicted molar refractivity (Wildman–Crippen MR) is 116 cm³/mol. The first-order chi connectivity index (χ1) is 14.4. The third-order valence-corrected chi connectivity index (χ3v) is 8.57. The Morgan fingerprint density at radius 2 is 1.73 bits per heavy atom. The van der Waals surface area contributed by atoms with Crippen molar-refractivity contribution in [2.24, 2.45) is 0 Å². The number of carbonyl (C=O) groups is 1. The highest BCUT2D eigenvalue weighted by Gasteiger charge is 2.33. The molecule has 0 spiro atoms. The second kappa shape index (κ2) is 9.13. The van der Waals surface area contributed by atoms with Gasteiger partial charge < -0.3 is 9.64 Å². The lowest BCUT2D eigenvalue weighted by Gasteiger charge is -2.41. The molecule has 0 aliphatic carbocycles. The zero-order chi connectivity index (χ0) is 21.1. The van der Waals surface area contributed by atoms with Crippen LogP contribution in [0.15, 0.2) is 40.7 Å². The van der Waals surface area contributed by atoms with E-state index in [1.807, 2.05) is 5.38 Å². The lowest BCUT2D eigenvalue weighted by molar-refractivity contribution is 0.0584. The lowest BCUT2D eigenvalue weighted by Crippen LogP contribution is -2.50. The average molecular weight is 450 g/mol. The molecule has 162 valence electrons. The summed E-state index contributed by atoms with van der Waals surface area (Å²) in [5.41, 5.74) is 0.523. The number of ketones is 1. The second-order valence-corrected chi connectivity index (χ2v) is 10.7. The van der Waals surface area contributed by atoms with Crippen molar-refractivity contribution in [2.45, 2.75) is 49.6 Å². The summed E-state index contributed by atoms with van der Waals surface area (Å²) < 4.78 is 33.4. The summed E-state index contributed by atoms with van der Waals surface area (Å²) in [6.07, 6.45) is 5.59. The number of thiazole rings is 1. The van der Waals surface area contributed by atoms with Gasteiger partial charge in [0, 0.05) is 49.4 Å². The van der Waals surface area contributed by atoms with Crippen LogP contribution < -0.4 is 4.74 Å². The van der Waals surface area contributed by atoms with Crippen LogP contribution in [-0.4, -0.2) is 66.7 Å². The van der Waals surface area contributed by atoms with Gasteiger partial charge in [-0.15, -0.1) is 0 Å². The van der Waals surface area contributed by atoms with Gasteiger partial charge in [-0.3, -0.25) is 4.79 Å². The minimum absolute atomic E-state index is 0.0689. The van der Waals surface area contributed by atoms with Crippen LogP contribution in [-0.2, 0) is 10.0 Å². The summed E-state index contributed by atoms with van der Waals surface area (Å²) in [7, 11) is -3.52. The molecule has 9 heteroatoms. The molecular formula is C21H27N3O4S2. The molecule has 1 aromatic carbocycles. The molecule has 30 heavy (non-hydrogen) atoms. The molecule has 3 heterocycles. The molecule has 0 radical (unpaired) electrons. The molecule has 0 unspecified atom stereocenters. The molecule has 4 rings (SSSR count). The Morgan fingerprint density at radius 3 is 2.30 bits per heavy atom. The largest absolute Gasteiger partial charge is 0.467 e. The standard InChI is InChI=1S/C21H27N3O4S2/c1-16(25)17-2-4-20(5-3-17)30(26,27)24-13-6-18(7-14-24)23-11-8-19(9-12-23)28-21-22-10-15-29-21/h2-5,10,15,18-19H,6-9,11-14H2,1H3. The van der Waals surface area contributed by atoms with Crippen LogP contribution in [0.3, 0.4) is 0 Å². The van der Waals surface area contributed by atoms with E-state index in [9.17, 15) is 13.2 Å². The average Bonchev–Trinajstić information content (AvgIpc) is 3.27. The van der Waals surface area contributed by atoms with Crippen LogP contribution in [0.25, 0.3) is 0 Å². The number of hydrogen-bond acceptors (Lipinski definition) is 7. The van der Waals surface area contributed by atoms with Crippen molar-refractivity contribution < 1.29 is 17.9 Å². The number of hydrogen-bond donors (Lipinski definition) is 0. The molecule has 0 atom stereocenters. The molecule has 2 fully saturated rings. The van der Waals surface area contributed by atoms with Gasteiger partial charge in [0.05, 0.1) is 4.90 Å². The van der Waals surface area contributed by atoms with Crippen molar-refractivity contribution in [3.63, 3.8) is 0 Å². The van der Waals surface area contributed by atoms with Gasteiger partial charge in [0.1, 0.15) is 6.10 Å². The third-order valence-electron chi connectivity index (χ3n) is 5.99. The van der Waals surface area contributed by atoms with E-state index in [1.54, 1.807) is 22.6 Å². The minimum Gasteiger partial charge on any atom is -0.467 e. The maximum atomic E-state index is 13.0. The molecule has 1 aromatic heterocycles. The first-order valence-electron chi connectivity index (χ1n) is 10.3. The van der Waals surface area contributed by atoms with Crippen molar-refractivity contribution >= 4 is 27.1 Å². The highest BCUT2D eigenvalue weighted by molar-refractivity contribution is 7.89. The topological polar surface area (TPSA) is 79.8 Å². The van der Waals surface area contributed by atoms with E-state index in [0.717, 1.165) is 44.0 Å². The fourth-order valence-corrected chi connectivity index (χ4v) is 6.25. The Balaban J connectivity index is 1.29. The Kier molecular flexibility index (Phi) is 6.52. The molecule has 0 amide bonds. The van der Waals surface area contributed by atoms with Gasteiger partial charge in [-0.25, -0.2) is 13.4 Å². The summed E-state index contributed by atoms with van der Waals surface area (Å²) in [4.78, 5) is 18.3. The molecule has 0 bridgehead atoms. The van der Waals surface area contributed by atoms with Crippen LogP contribution in [0.4, 0.5) is 0 Å². The third kappa shape index (κ3) is 4.74. The van der Waals surface area contributed by atoms with Crippen LogP contribution >= 0.6 is 11.3 Å². The highest BCUT2D eigenvalue weighted by Crippen LogP contribution is 2.27. The summed E-state index contributed by atoms with van der Waals surface area (Å²) in [5, 5.41) is 2.66. The van der Waals surface area contributed by atoms with Crippen LogP contribution in [0.5, 0.6) is 5.19 Å². The minimum atomic E-state index is -3.52. The smallest absolute Gasteiger partial charge is 0.273 e. The number of aromatic nitrogens is 1. The van der Waals surface area contributed by atoms with E-state index in [0.29, 0.717) is 24.7 Å². The first-order valence-corrected chi connectivity index (χ1v) is 12.7. The molecule has 2 aromatic rings. The van der Waals surface area contributed by atoms with E-state index in [4.69, 9.17) is 4.74 Å². The molecular weight excluding hydrogens is 422 g/mol. The summed E-state index contributed by atoms with van der Waals surface area (Å²) in [6.45, 7) is 4.47. The van der Waals surface area contributed by atoms with Gasteiger partial charge in [0.15, 0.2) is 5.78 Å². The maximum Gasteiger partial charge on any atom is 0.273 e.